The van der Waals surface area contributed by atoms with E-state index in [1.54, 1.807) is 6.07 Å². The molecule has 1 aromatic rings. The Bertz CT molecular complexity index is 323. The summed E-state index contributed by atoms with van der Waals surface area (Å²) in [7, 11) is 0. The molecule has 0 bridgehead atoms. The van der Waals surface area contributed by atoms with E-state index in [0.29, 0.717) is 4.73 Å². The minimum Gasteiger partial charge on any atom is -0.396 e. The highest BCUT2D eigenvalue weighted by Crippen LogP contribution is 2.16. The highest BCUT2D eigenvalue weighted by atomic mass is 16.5. The summed E-state index contributed by atoms with van der Waals surface area (Å²) in [5.41, 5.74) is 5.47. The molecule has 1 aromatic heterocycles. The number of hydrogen-bond acceptors (Lipinski definition) is 4. The quantitative estimate of drug-likeness (QED) is 0.374. The van der Waals surface area contributed by atoms with E-state index in [9.17, 15) is 0 Å². The summed E-state index contributed by atoms with van der Waals surface area (Å²) >= 11 is 0. The van der Waals surface area contributed by atoms with Crippen LogP contribution >= 0.6 is 0 Å². The van der Waals surface area contributed by atoms with Crippen LogP contribution in [0, 0.1) is 6.20 Å². The molecule has 5 nitrogen and oxygen atoms in total. The fraction of sp³-hybridized carbons (Fsp3) is 0.556. The molecular formula is C9H14N4O. The Morgan fingerprint density at radius 2 is 2.14 bits per heavy atom. The summed E-state index contributed by atoms with van der Waals surface area (Å²) in [4.78, 5) is 6.24. The second-order valence-electron chi connectivity index (χ2n) is 3.46. The Labute approximate surface area is 82.7 Å². The van der Waals surface area contributed by atoms with Crippen LogP contribution in [0.1, 0.15) is 19.3 Å². The Morgan fingerprint density at radius 3 is 2.79 bits per heavy atom. The molecule has 1 aliphatic rings. The number of aromatic nitrogens is 2. The van der Waals surface area contributed by atoms with Crippen LogP contribution in [0.5, 0.6) is 0 Å². The lowest BCUT2D eigenvalue weighted by Gasteiger charge is -2.29. The summed E-state index contributed by atoms with van der Waals surface area (Å²) in [6.07, 6.45) is 6.27. The molecule has 1 saturated heterocycles. The highest BCUT2D eigenvalue weighted by Gasteiger charge is 2.10. The van der Waals surface area contributed by atoms with Crippen molar-refractivity contribution in [1.29, 1.82) is 0 Å². The van der Waals surface area contributed by atoms with Crippen LogP contribution in [0.4, 0.5) is 11.8 Å². The number of nitrogen functional groups attached to an aromatic ring is 1. The lowest BCUT2D eigenvalue weighted by atomic mass is 10.1. The van der Waals surface area contributed by atoms with Gasteiger partial charge in [-0.3, -0.25) is 0 Å². The molecule has 5 heteroatoms. The molecule has 0 saturated carbocycles. The van der Waals surface area contributed by atoms with Crippen molar-refractivity contribution in [2.45, 2.75) is 19.3 Å². The van der Waals surface area contributed by atoms with Crippen LogP contribution in [-0.2, 0) is 0 Å². The Balaban J connectivity index is 2.18. The monoisotopic (exact) mass is 194 g/mol. The second-order valence-corrected chi connectivity index (χ2v) is 3.46. The van der Waals surface area contributed by atoms with Gasteiger partial charge in [-0.2, -0.15) is 9.71 Å². The Kier molecular flexibility index (Phi) is 2.39. The van der Waals surface area contributed by atoms with Gasteiger partial charge in [-0.1, -0.05) is 12.5 Å². The molecule has 76 valence electrons. The van der Waals surface area contributed by atoms with Crippen molar-refractivity contribution in [2.24, 2.45) is 0 Å². The maximum atomic E-state index is 9.10. The molecule has 1 fully saturated rings. The first-order valence-corrected chi connectivity index (χ1v) is 4.82. The first kappa shape index (κ1) is 9.05. The van der Waals surface area contributed by atoms with Gasteiger partial charge in [0.25, 0.3) is 0 Å². The van der Waals surface area contributed by atoms with Gasteiger partial charge in [-0.15, -0.1) is 0 Å². The SMILES string of the molecule is Nc1nc(N2CCCCC2)c[c-][n+]1O. The number of nitrogens with two attached hydrogens (primary N) is 1. The number of nitrogens with zero attached hydrogens (tertiary/aromatic N) is 3. The maximum absolute atomic E-state index is 9.10. The van der Waals surface area contributed by atoms with Crippen molar-refractivity contribution < 1.29 is 9.94 Å². The zero-order chi connectivity index (χ0) is 9.97. The second kappa shape index (κ2) is 3.69. The van der Waals surface area contributed by atoms with E-state index in [0.717, 1.165) is 18.9 Å². The standard InChI is InChI=1S/C9H14N4O/c10-9-11-8(4-7-13(9)14)12-5-2-1-3-6-12/h4,14H,1-3,5-6H2,(H2,10,11). The average molecular weight is 194 g/mol. The van der Waals surface area contributed by atoms with Crippen LogP contribution in [0.2, 0.25) is 0 Å². The van der Waals surface area contributed by atoms with Crippen LogP contribution in [0.15, 0.2) is 6.07 Å². The fourth-order valence-corrected chi connectivity index (χ4v) is 1.67. The van der Waals surface area contributed by atoms with Crippen LogP contribution in [-0.4, -0.2) is 23.3 Å². The van der Waals surface area contributed by atoms with Gasteiger partial charge in [0.1, 0.15) is 0 Å². The number of anilines is 2. The van der Waals surface area contributed by atoms with Gasteiger partial charge < -0.3 is 15.8 Å². The third-order valence-electron chi connectivity index (χ3n) is 2.44. The lowest BCUT2D eigenvalue weighted by molar-refractivity contribution is -0.898. The van der Waals surface area contributed by atoms with Crippen molar-refractivity contribution in [3.05, 3.63) is 12.3 Å². The van der Waals surface area contributed by atoms with Gasteiger partial charge in [0.2, 0.25) is 0 Å². The molecule has 3 N–H and O–H groups in total. The molecule has 1 aliphatic heterocycles. The number of rotatable bonds is 1. The number of piperidine rings is 1. The van der Waals surface area contributed by atoms with Crippen molar-refractivity contribution in [1.82, 2.24) is 4.98 Å². The van der Waals surface area contributed by atoms with Crippen molar-refractivity contribution in [3.8, 4) is 0 Å². The summed E-state index contributed by atoms with van der Waals surface area (Å²) < 4.78 is 0.702. The lowest BCUT2D eigenvalue weighted by Crippen LogP contribution is -2.37. The van der Waals surface area contributed by atoms with E-state index in [-0.39, 0.29) is 5.95 Å². The maximum Gasteiger partial charge on any atom is 0.316 e. The molecule has 0 spiro atoms. The highest BCUT2D eigenvalue weighted by molar-refractivity contribution is 5.38. The van der Waals surface area contributed by atoms with E-state index in [1.807, 2.05) is 0 Å². The summed E-state index contributed by atoms with van der Waals surface area (Å²) in [5.74, 6) is 0.876. The third kappa shape index (κ3) is 1.71. The Morgan fingerprint density at radius 1 is 1.43 bits per heavy atom. The molecule has 14 heavy (non-hydrogen) atoms. The molecule has 2 rings (SSSR count). The van der Waals surface area contributed by atoms with E-state index in [2.05, 4.69) is 16.1 Å². The normalized spacial score (nSPS) is 17.0. The molecule has 0 radical (unpaired) electrons. The summed E-state index contributed by atoms with van der Waals surface area (Å²) in [6, 6.07) is 1.65. The van der Waals surface area contributed by atoms with E-state index < -0.39 is 0 Å². The molecule has 0 aromatic carbocycles. The first-order valence-electron chi connectivity index (χ1n) is 4.82. The smallest absolute Gasteiger partial charge is 0.316 e. The third-order valence-corrected chi connectivity index (χ3v) is 2.44. The zero-order valence-electron chi connectivity index (χ0n) is 7.98. The van der Waals surface area contributed by atoms with Crippen LogP contribution in [0.3, 0.4) is 0 Å². The molecule has 0 aliphatic carbocycles. The van der Waals surface area contributed by atoms with E-state index >= 15 is 0 Å². The predicted octanol–water partition coefficient (Wildman–Crippen LogP) is -0.0209. The average Bonchev–Trinajstić information content (AvgIpc) is 2.23. The van der Waals surface area contributed by atoms with E-state index in [4.69, 9.17) is 10.9 Å². The van der Waals surface area contributed by atoms with Crippen LogP contribution in [0.25, 0.3) is 0 Å². The van der Waals surface area contributed by atoms with Gasteiger partial charge >= 0.3 is 5.95 Å². The zero-order valence-corrected chi connectivity index (χ0v) is 7.98. The van der Waals surface area contributed by atoms with Gasteiger partial charge in [-0.05, 0) is 12.8 Å². The predicted molar refractivity (Wildman–Crippen MR) is 50.9 cm³/mol. The molecular weight excluding hydrogens is 180 g/mol. The number of hydrogen-bond donors (Lipinski definition) is 2. The van der Waals surface area contributed by atoms with Crippen LogP contribution < -0.4 is 15.4 Å². The topological polar surface area (TPSA) is 66.3 Å². The molecule has 2 heterocycles. The van der Waals surface area contributed by atoms with Gasteiger partial charge in [0, 0.05) is 19.3 Å². The van der Waals surface area contributed by atoms with E-state index in [1.165, 1.54) is 19.3 Å². The van der Waals surface area contributed by atoms with Crippen molar-refractivity contribution in [2.75, 3.05) is 23.7 Å². The summed E-state index contributed by atoms with van der Waals surface area (Å²) in [5, 5.41) is 9.10. The van der Waals surface area contributed by atoms with Gasteiger partial charge in [-0.25, -0.2) is 0 Å². The van der Waals surface area contributed by atoms with Crippen molar-refractivity contribution >= 4 is 11.8 Å². The summed E-state index contributed by atoms with van der Waals surface area (Å²) in [6.45, 7) is 2.02. The fourth-order valence-electron chi connectivity index (χ4n) is 1.67. The van der Waals surface area contributed by atoms with Gasteiger partial charge in [0.15, 0.2) is 0 Å². The minimum atomic E-state index is 0.0769. The van der Waals surface area contributed by atoms with Crippen molar-refractivity contribution in [3.63, 3.8) is 0 Å². The Hall–Kier alpha value is -1.52. The molecule has 0 amide bonds. The van der Waals surface area contributed by atoms with Gasteiger partial charge in [0.05, 0.1) is 5.82 Å². The molecule has 0 atom stereocenters. The minimum absolute atomic E-state index is 0.0769. The molecule has 0 unspecified atom stereocenters. The largest absolute Gasteiger partial charge is 0.396 e. The first-order chi connectivity index (χ1) is 6.77.